The van der Waals surface area contributed by atoms with E-state index >= 15 is 0 Å². The first-order valence-corrected chi connectivity index (χ1v) is 7.18. The number of nitrogens with one attached hydrogen (secondary N) is 1. The van der Waals surface area contributed by atoms with E-state index in [9.17, 15) is 18.0 Å². The highest BCUT2D eigenvalue weighted by molar-refractivity contribution is 5.84. The molecule has 1 N–H and O–H groups in total. The van der Waals surface area contributed by atoms with Gasteiger partial charge in [0.05, 0.1) is 5.69 Å². The van der Waals surface area contributed by atoms with Gasteiger partial charge in [0, 0.05) is 38.6 Å². The predicted molar refractivity (Wildman–Crippen MR) is 71.9 cm³/mol. The van der Waals surface area contributed by atoms with Gasteiger partial charge in [0.15, 0.2) is 0 Å². The van der Waals surface area contributed by atoms with Crippen LogP contribution >= 0.6 is 0 Å². The molecule has 0 aromatic carbocycles. The number of aromatic amines is 1. The van der Waals surface area contributed by atoms with Gasteiger partial charge in [-0.05, 0) is 18.9 Å². The molecule has 1 aromatic heterocycles. The Labute approximate surface area is 120 Å². The van der Waals surface area contributed by atoms with E-state index in [1.165, 1.54) is 4.90 Å². The van der Waals surface area contributed by atoms with Crippen molar-refractivity contribution in [2.24, 2.45) is 5.41 Å². The summed E-state index contributed by atoms with van der Waals surface area (Å²) in [5.74, 6) is -0.727. The molecule has 1 amide bonds. The molecular weight excluding hydrogens is 283 g/mol. The molecule has 1 aromatic rings. The zero-order valence-electron chi connectivity index (χ0n) is 11.6. The Balaban J connectivity index is 1.65. The number of rotatable bonds is 2. The molecule has 116 valence electrons. The maximum atomic E-state index is 13.2. The summed E-state index contributed by atoms with van der Waals surface area (Å²) in [6.07, 6.45) is -0.421. The van der Waals surface area contributed by atoms with Crippen LogP contribution in [0.4, 0.5) is 18.9 Å². The standard InChI is InChI=1S/C14H18F3N3O/c15-14(16,17)13(3-1-4-13)12(21)20-8-6-19(7-9-20)11-2-5-18-10-11/h2,5,10,18H,1,3-4,6-9H2. The normalized spacial score (nSPS) is 22.0. The van der Waals surface area contributed by atoms with Gasteiger partial charge in [0.25, 0.3) is 0 Å². The first-order valence-electron chi connectivity index (χ1n) is 7.18. The number of H-pyrrole nitrogens is 1. The van der Waals surface area contributed by atoms with Crippen molar-refractivity contribution >= 4 is 11.6 Å². The third-order valence-corrected chi connectivity index (χ3v) is 4.67. The number of aromatic nitrogens is 1. The Kier molecular flexibility index (Phi) is 3.37. The number of anilines is 1. The monoisotopic (exact) mass is 301 g/mol. The van der Waals surface area contributed by atoms with Crippen molar-refractivity contribution in [3.63, 3.8) is 0 Å². The average Bonchev–Trinajstić information content (AvgIpc) is 2.89. The summed E-state index contributed by atoms with van der Waals surface area (Å²) in [6, 6.07) is 1.92. The predicted octanol–water partition coefficient (Wildman–Crippen LogP) is 2.40. The quantitative estimate of drug-likeness (QED) is 0.911. The fourth-order valence-electron chi connectivity index (χ4n) is 3.13. The molecule has 0 unspecified atom stereocenters. The van der Waals surface area contributed by atoms with Gasteiger partial charge in [-0.25, -0.2) is 0 Å². The fraction of sp³-hybridized carbons (Fsp3) is 0.643. The van der Waals surface area contributed by atoms with Crippen molar-refractivity contribution in [1.29, 1.82) is 0 Å². The van der Waals surface area contributed by atoms with E-state index in [-0.39, 0.29) is 12.8 Å². The van der Waals surface area contributed by atoms with Crippen molar-refractivity contribution in [3.8, 4) is 0 Å². The molecule has 2 fully saturated rings. The van der Waals surface area contributed by atoms with Gasteiger partial charge in [-0.2, -0.15) is 13.2 Å². The highest BCUT2D eigenvalue weighted by atomic mass is 19.4. The zero-order valence-corrected chi connectivity index (χ0v) is 11.6. The Morgan fingerprint density at radius 2 is 1.86 bits per heavy atom. The van der Waals surface area contributed by atoms with Crippen molar-refractivity contribution in [2.45, 2.75) is 25.4 Å². The zero-order chi connectivity index (χ0) is 15.1. The largest absolute Gasteiger partial charge is 0.403 e. The maximum absolute atomic E-state index is 13.2. The average molecular weight is 301 g/mol. The van der Waals surface area contributed by atoms with Crippen LogP contribution in [0.5, 0.6) is 0 Å². The number of piperazine rings is 1. The van der Waals surface area contributed by atoms with Crippen LogP contribution in [0.3, 0.4) is 0 Å². The van der Waals surface area contributed by atoms with E-state index in [0.29, 0.717) is 32.6 Å². The van der Waals surface area contributed by atoms with Crippen LogP contribution in [0.2, 0.25) is 0 Å². The number of carbonyl (C=O) groups excluding carboxylic acids is 1. The topological polar surface area (TPSA) is 39.3 Å². The molecule has 2 heterocycles. The number of hydrogen-bond acceptors (Lipinski definition) is 2. The summed E-state index contributed by atoms with van der Waals surface area (Å²) >= 11 is 0. The summed E-state index contributed by atoms with van der Waals surface area (Å²) in [5.41, 5.74) is -1.10. The molecule has 2 aliphatic rings. The maximum Gasteiger partial charge on any atom is 0.403 e. The number of hydrogen-bond donors (Lipinski definition) is 1. The minimum atomic E-state index is -4.43. The van der Waals surface area contributed by atoms with Crippen LogP contribution in [-0.2, 0) is 4.79 Å². The second-order valence-corrected chi connectivity index (χ2v) is 5.78. The molecule has 21 heavy (non-hydrogen) atoms. The Morgan fingerprint density at radius 3 is 2.29 bits per heavy atom. The second kappa shape index (κ2) is 4.96. The van der Waals surface area contributed by atoms with Gasteiger partial charge < -0.3 is 14.8 Å². The molecule has 0 radical (unpaired) electrons. The number of alkyl halides is 3. The Morgan fingerprint density at radius 1 is 1.19 bits per heavy atom. The van der Waals surface area contributed by atoms with Gasteiger partial charge >= 0.3 is 6.18 Å². The van der Waals surface area contributed by atoms with Crippen molar-refractivity contribution in [3.05, 3.63) is 18.5 Å². The number of amides is 1. The highest BCUT2D eigenvalue weighted by Gasteiger charge is 2.64. The van der Waals surface area contributed by atoms with Gasteiger partial charge in [0.1, 0.15) is 5.41 Å². The van der Waals surface area contributed by atoms with Gasteiger partial charge in [0.2, 0.25) is 5.91 Å². The SMILES string of the molecule is O=C(N1CCN(c2cc[nH]c2)CC1)C1(C(F)(F)F)CCC1. The van der Waals surface area contributed by atoms with E-state index < -0.39 is 17.5 Å². The summed E-state index contributed by atoms with van der Waals surface area (Å²) in [4.78, 5) is 18.7. The van der Waals surface area contributed by atoms with Crippen LogP contribution in [-0.4, -0.2) is 48.1 Å². The smallest absolute Gasteiger partial charge is 0.367 e. The van der Waals surface area contributed by atoms with Crippen LogP contribution in [0.1, 0.15) is 19.3 Å². The highest BCUT2D eigenvalue weighted by Crippen LogP contribution is 2.54. The van der Waals surface area contributed by atoms with Crippen LogP contribution in [0.25, 0.3) is 0 Å². The summed E-state index contributed by atoms with van der Waals surface area (Å²) in [6.45, 7) is 1.83. The lowest BCUT2D eigenvalue weighted by Gasteiger charge is -2.46. The molecular formula is C14H18F3N3O. The molecule has 1 aliphatic heterocycles. The molecule has 1 aliphatic carbocycles. The summed E-state index contributed by atoms with van der Waals surface area (Å²) < 4.78 is 39.6. The molecule has 1 saturated carbocycles. The summed E-state index contributed by atoms with van der Waals surface area (Å²) in [5, 5.41) is 0. The third-order valence-electron chi connectivity index (χ3n) is 4.67. The first kappa shape index (κ1) is 14.3. The van der Waals surface area contributed by atoms with Crippen molar-refractivity contribution in [1.82, 2.24) is 9.88 Å². The molecule has 7 heteroatoms. The fourth-order valence-corrected chi connectivity index (χ4v) is 3.13. The molecule has 4 nitrogen and oxygen atoms in total. The lowest BCUT2D eigenvalue weighted by atomic mass is 9.67. The molecule has 0 atom stereocenters. The molecule has 0 spiro atoms. The van der Waals surface area contributed by atoms with Crippen molar-refractivity contribution in [2.75, 3.05) is 31.1 Å². The minimum Gasteiger partial charge on any atom is -0.367 e. The molecule has 0 bridgehead atoms. The van der Waals surface area contributed by atoms with Gasteiger partial charge in [-0.1, -0.05) is 6.42 Å². The summed E-state index contributed by atoms with van der Waals surface area (Å²) in [7, 11) is 0. The Bertz CT molecular complexity index is 500. The number of halogens is 3. The molecule has 3 rings (SSSR count). The van der Waals surface area contributed by atoms with Crippen molar-refractivity contribution < 1.29 is 18.0 Å². The number of nitrogens with zero attached hydrogens (tertiary/aromatic N) is 2. The van der Waals surface area contributed by atoms with E-state index in [1.54, 1.807) is 6.20 Å². The first-order chi connectivity index (χ1) is 9.94. The van der Waals surface area contributed by atoms with E-state index in [1.807, 2.05) is 12.3 Å². The molecule has 1 saturated heterocycles. The Hall–Kier alpha value is -1.66. The van der Waals surface area contributed by atoms with E-state index in [2.05, 4.69) is 9.88 Å². The van der Waals surface area contributed by atoms with Crippen LogP contribution < -0.4 is 4.90 Å². The van der Waals surface area contributed by atoms with Gasteiger partial charge in [-0.15, -0.1) is 0 Å². The number of carbonyl (C=O) groups is 1. The third kappa shape index (κ3) is 2.28. The second-order valence-electron chi connectivity index (χ2n) is 5.78. The van der Waals surface area contributed by atoms with E-state index in [0.717, 1.165) is 5.69 Å². The lowest BCUT2D eigenvalue weighted by Crippen LogP contribution is -2.59. The van der Waals surface area contributed by atoms with Crippen LogP contribution in [0, 0.1) is 5.41 Å². The van der Waals surface area contributed by atoms with Crippen LogP contribution in [0.15, 0.2) is 18.5 Å². The van der Waals surface area contributed by atoms with Gasteiger partial charge in [-0.3, -0.25) is 4.79 Å². The lowest BCUT2D eigenvalue weighted by molar-refractivity contribution is -0.248. The van der Waals surface area contributed by atoms with E-state index in [4.69, 9.17) is 0 Å². The minimum absolute atomic E-state index is 0.0621.